The van der Waals surface area contributed by atoms with Crippen LogP contribution in [-0.2, 0) is 16.0 Å². The van der Waals surface area contributed by atoms with E-state index in [0.29, 0.717) is 19.0 Å². The van der Waals surface area contributed by atoms with Gasteiger partial charge in [0, 0.05) is 12.6 Å². The van der Waals surface area contributed by atoms with Crippen LogP contribution in [0.3, 0.4) is 0 Å². The van der Waals surface area contributed by atoms with Crippen molar-refractivity contribution in [2.24, 2.45) is 0 Å². The highest BCUT2D eigenvalue weighted by Gasteiger charge is 2.31. The van der Waals surface area contributed by atoms with Crippen molar-refractivity contribution in [3.8, 4) is 0 Å². The number of hydrogen-bond acceptors (Lipinski definition) is 2. The molecule has 0 unspecified atom stereocenters. The zero-order valence-corrected chi connectivity index (χ0v) is 10.8. The van der Waals surface area contributed by atoms with Crippen LogP contribution in [0, 0.1) is 11.6 Å². The van der Waals surface area contributed by atoms with E-state index in [-0.39, 0.29) is 12.0 Å². The van der Waals surface area contributed by atoms with Gasteiger partial charge in [0.1, 0.15) is 17.7 Å². The Bertz CT molecular complexity index is 533. The van der Waals surface area contributed by atoms with Crippen LogP contribution < -0.4 is 0 Å². The van der Waals surface area contributed by atoms with Crippen LogP contribution in [0.25, 0.3) is 0 Å². The molecule has 2 rings (SSSR count). The summed E-state index contributed by atoms with van der Waals surface area (Å²) in [6.07, 6.45) is 1.65. The largest absolute Gasteiger partial charge is 0.480 e. The standard InChI is InChI=1S/C14H15F2NO3/c15-10-5-4-9(11(16)8-10)7-13(18)17-6-2-1-3-12(17)14(19)20/h4-5,8,12H,1-3,6-7H2,(H,19,20)/t12-/m1/s1. The van der Waals surface area contributed by atoms with E-state index in [4.69, 9.17) is 5.11 Å². The Morgan fingerprint density at radius 3 is 2.70 bits per heavy atom. The van der Waals surface area contributed by atoms with Crippen molar-refractivity contribution >= 4 is 11.9 Å². The fraction of sp³-hybridized carbons (Fsp3) is 0.429. The lowest BCUT2D eigenvalue weighted by molar-refractivity contribution is -0.151. The minimum atomic E-state index is -1.04. The number of carboxylic acid groups (broad SMARTS) is 1. The van der Waals surface area contributed by atoms with Gasteiger partial charge in [0.05, 0.1) is 6.42 Å². The maximum atomic E-state index is 13.5. The molecule has 1 aliphatic rings. The molecule has 20 heavy (non-hydrogen) atoms. The van der Waals surface area contributed by atoms with Crippen molar-refractivity contribution in [3.63, 3.8) is 0 Å². The predicted molar refractivity (Wildman–Crippen MR) is 67.0 cm³/mol. The van der Waals surface area contributed by atoms with E-state index < -0.39 is 29.6 Å². The molecule has 1 aliphatic heterocycles. The number of nitrogens with zero attached hydrogens (tertiary/aromatic N) is 1. The predicted octanol–water partition coefficient (Wildman–Crippen LogP) is 1.97. The number of amides is 1. The van der Waals surface area contributed by atoms with Crippen LogP contribution in [0.5, 0.6) is 0 Å². The van der Waals surface area contributed by atoms with Gasteiger partial charge >= 0.3 is 5.97 Å². The second-order valence-corrected chi connectivity index (χ2v) is 4.85. The minimum Gasteiger partial charge on any atom is -0.480 e. The molecule has 1 heterocycles. The lowest BCUT2D eigenvalue weighted by Crippen LogP contribution is -2.48. The molecule has 1 N–H and O–H groups in total. The summed E-state index contributed by atoms with van der Waals surface area (Å²) >= 11 is 0. The summed E-state index contributed by atoms with van der Waals surface area (Å²) < 4.78 is 26.3. The summed E-state index contributed by atoms with van der Waals surface area (Å²) in [6, 6.07) is 2.16. The normalized spacial score (nSPS) is 18.9. The zero-order valence-electron chi connectivity index (χ0n) is 10.8. The maximum absolute atomic E-state index is 13.5. The Morgan fingerprint density at radius 1 is 1.30 bits per heavy atom. The number of carbonyl (C=O) groups excluding carboxylic acids is 1. The fourth-order valence-electron chi connectivity index (χ4n) is 2.42. The number of rotatable bonds is 3. The van der Waals surface area contributed by atoms with Gasteiger partial charge in [-0.15, -0.1) is 0 Å². The molecule has 0 aliphatic carbocycles. The van der Waals surface area contributed by atoms with E-state index in [2.05, 4.69) is 0 Å². The van der Waals surface area contributed by atoms with Gasteiger partial charge in [-0.25, -0.2) is 13.6 Å². The first-order valence-corrected chi connectivity index (χ1v) is 6.45. The summed E-state index contributed by atoms with van der Waals surface area (Å²) in [7, 11) is 0. The van der Waals surface area contributed by atoms with Crippen molar-refractivity contribution in [3.05, 3.63) is 35.4 Å². The third-order valence-corrected chi connectivity index (χ3v) is 3.46. The van der Waals surface area contributed by atoms with E-state index in [1.807, 2.05) is 0 Å². The topological polar surface area (TPSA) is 57.6 Å². The Morgan fingerprint density at radius 2 is 2.05 bits per heavy atom. The Balaban J connectivity index is 2.12. The van der Waals surface area contributed by atoms with Crippen LogP contribution in [0.1, 0.15) is 24.8 Å². The van der Waals surface area contributed by atoms with E-state index in [9.17, 15) is 18.4 Å². The molecule has 1 amide bonds. The van der Waals surface area contributed by atoms with Crippen LogP contribution in [-0.4, -0.2) is 34.5 Å². The number of halogens is 2. The van der Waals surface area contributed by atoms with Gasteiger partial charge in [0.25, 0.3) is 0 Å². The van der Waals surface area contributed by atoms with Gasteiger partial charge in [-0.3, -0.25) is 4.79 Å². The Hall–Kier alpha value is -1.98. The van der Waals surface area contributed by atoms with Crippen molar-refractivity contribution in [2.75, 3.05) is 6.54 Å². The molecule has 0 aromatic heterocycles. The van der Waals surface area contributed by atoms with Crippen LogP contribution in [0.2, 0.25) is 0 Å². The first-order valence-electron chi connectivity index (χ1n) is 6.45. The summed E-state index contributed by atoms with van der Waals surface area (Å²) in [5.41, 5.74) is 0.0751. The highest BCUT2D eigenvalue weighted by atomic mass is 19.1. The number of benzene rings is 1. The number of likely N-dealkylation sites (tertiary alicyclic amines) is 1. The van der Waals surface area contributed by atoms with Gasteiger partial charge < -0.3 is 10.0 Å². The summed E-state index contributed by atoms with van der Waals surface area (Å²) in [5.74, 6) is -2.98. The van der Waals surface area contributed by atoms with E-state index in [1.54, 1.807) is 0 Å². The highest BCUT2D eigenvalue weighted by molar-refractivity contribution is 5.85. The third kappa shape index (κ3) is 3.12. The molecule has 108 valence electrons. The van der Waals surface area contributed by atoms with E-state index >= 15 is 0 Å². The van der Waals surface area contributed by atoms with Gasteiger partial charge in [-0.05, 0) is 30.9 Å². The van der Waals surface area contributed by atoms with Crippen LogP contribution in [0.15, 0.2) is 18.2 Å². The molecule has 1 aromatic rings. The van der Waals surface area contributed by atoms with Crippen LogP contribution in [0.4, 0.5) is 8.78 Å². The number of piperidine rings is 1. The third-order valence-electron chi connectivity index (χ3n) is 3.46. The maximum Gasteiger partial charge on any atom is 0.326 e. The van der Waals surface area contributed by atoms with Gasteiger partial charge in [0.2, 0.25) is 5.91 Å². The van der Waals surface area contributed by atoms with E-state index in [1.165, 1.54) is 11.0 Å². The molecular formula is C14H15F2NO3. The summed E-state index contributed by atoms with van der Waals surface area (Å²) in [6.45, 7) is 0.360. The number of carbonyl (C=O) groups is 2. The molecule has 1 saturated heterocycles. The zero-order chi connectivity index (χ0) is 14.7. The number of hydrogen-bond donors (Lipinski definition) is 1. The molecule has 6 heteroatoms. The minimum absolute atomic E-state index is 0.0751. The molecule has 0 radical (unpaired) electrons. The Labute approximate surface area is 115 Å². The first kappa shape index (κ1) is 14.4. The van der Waals surface area contributed by atoms with Crippen molar-refractivity contribution < 1.29 is 23.5 Å². The van der Waals surface area contributed by atoms with E-state index in [0.717, 1.165) is 18.9 Å². The molecule has 1 fully saturated rings. The van der Waals surface area contributed by atoms with Gasteiger partial charge in [-0.1, -0.05) is 6.07 Å². The van der Waals surface area contributed by atoms with Gasteiger partial charge in [-0.2, -0.15) is 0 Å². The molecule has 4 nitrogen and oxygen atoms in total. The van der Waals surface area contributed by atoms with Crippen molar-refractivity contribution in [1.82, 2.24) is 4.90 Å². The second-order valence-electron chi connectivity index (χ2n) is 4.85. The molecule has 0 spiro atoms. The summed E-state index contributed by atoms with van der Waals surface area (Å²) in [4.78, 5) is 24.5. The monoisotopic (exact) mass is 283 g/mol. The molecule has 0 bridgehead atoms. The quantitative estimate of drug-likeness (QED) is 0.922. The summed E-state index contributed by atoms with van der Waals surface area (Å²) in [5, 5.41) is 9.10. The SMILES string of the molecule is O=C(O)[C@H]1CCCCN1C(=O)Cc1ccc(F)cc1F. The second kappa shape index (κ2) is 5.98. The Kier molecular flexibility index (Phi) is 4.32. The van der Waals surface area contributed by atoms with Crippen molar-refractivity contribution in [1.29, 1.82) is 0 Å². The fourth-order valence-corrected chi connectivity index (χ4v) is 2.42. The molecule has 1 atom stereocenters. The lowest BCUT2D eigenvalue weighted by Gasteiger charge is -2.33. The smallest absolute Gasteiger partial charge is 0.326 e. The highest BCUT2D eigenvalue weighted by Crippen LogP contribution is 2.19. The van der Waals surface area contributed by atoms with Gasteiger partial charge in [0.15, 0.2) is 0 Å². The average Bonchev–Trinajstić information content (AvgIpc) is 2.41. The number of aliphatic carboxylic acids is 1. The van der Waals surface area contributed by atoms with Crippen LogP contribution >= 0.6 is 0 Å². The lowest BCUT2D eigenvalue weighted by atomic mass is 10.0. The van der Waals surface area contributed by atoms with Crippen molar-refractivity contribution in [2.45, 2.75) is 31.7 Å². The molecule has 0 saturated carbocycles. The first-order chi connectivity index (χ1) is 9.49. The average molecular weight is 283 g/mol. The number of carboxylic acids is 1. The molecular weight excluding hydrogens is 268 g/mol. The molecule has 1 aromatic carbocycles.